The zero-order chi connectivity index (χ0) is 12.9. The standard InChI is InChI=1S/C18H31N/c19-12-18-10-3-6-17(18)16-8-7-13-4-1-2-5-14(13)15(16)9-11-18/h13-17H,1-12,19H2/t13?,14-,15+,16+,17-,18-/m0/s1. The van der Waals surface area contributed by atoms with Crippen LogP contribution in [0.4, 0.5) is 0 Å². The highest BCUT2D eigenvalue weighted by Crippen LogP contribution is 2.62. The minimum Gasteiger partial charge on any atom is -0.330 e. The summed E-state index contributed by atoms with van der Waals surface area (Å²) in [6, 6.07) is 0. The molecule has 0 amide bonds. The van der Waals surface area contributed by atoms with Gasteiger partial charge >= 0.3 is 0 Å². The molecule has 108 valence electrons. The number of hydrogen-bond acceptors (Lipinski definition) is 1. The average Bonchev–Trinajstić information content (AvgIpc) is 2.91. The molecule has 1 nitrogen and oxygen atoms in total. The first kappa shape index (κ1) is 12.7. The van der Waals surface area contributed by atoms with E-state index in [1.807, 2.05) is 0 Å². The maximum atomic E-state index is 6.23. The smallest absolute Gasteiger partial charge is 0.00178 e. The lowest BCUT2D eigenvalue weighted by Gasteiger charge is -2.55. The zero-order valence-electron chi connectivity index (χ0n) is 12.4. The molecule has 6 atom stereocenters. The summed E-state index contributed by atoms with van der Waals surface area (Å²) in [5.74, 6) is 5.41. The lowest BCUT2D eigenvalue weighted by atomic mass is 9.50. The maximum absolute atomic E-state index is 6.23. The van der Waals surface area contributed by atoms with Gasteiger partial charge in [0, 0.05) is 0 Å². The maximum Gasteiger partial charge on any atom is -0.00178 e. The van der Waals surface area contributed by atoms with Crippen molar-refractivity contribution in [2.45, 2.75) is 70.6 Å². The Bertz CT molecular complexity index is 339. The first-order chi connectivity index (χ1) is 9.34. The van der Waals surface area contributed by atoms with Crippen molar-refractivity contribution in [3.63, 3.8) is 0 Å². The molecule has 4 fully saturated rings. The molecule has 19 heavy (non-hydrogen) atoms. The highest BCUT2D eigenvalue weighted by Gasteiger charge is 2.54. The molecule has 0 radical (unpaired) electrons. The van der Waals surface area contributed by atoms with Crippen molar-refractivity contribution in [2.24, 2.45) is 40.7 Å². The SMILES string of the molecule is NC[C@@]12CCC[C@H]1[C@@H]1CCC3CCCC[C@@H]3[C@H]1CC2. The van der Waals surface area contributed by atoms with Gasteiger partial charge in [0.15, 0.2) is 0 Å². The minimum absolute atomic E-state index is 0.586. The van der Waals surface area contributed by atoms with Crippen LogP contribution < -0.4 is 5.73 Å². The van der Waals surface area contributed by atoms with E-state index in [1.54, 1.807) is 25.7 Å². The van der Waals surface area contributed by atoms with Gasteiger partial charge in [0.2, 0.25) is 0 Å². The normalized spacial score (nSPS) is 53.2. The Kier molecular flexibility index (Phi) is 3.17. The molecule has 1 heteroatoms. The summed E-state index contributed by atoms with van der Waals surface area (Å²) in [4.78, 5) is 0. The van der Waals surface area contributed by atoms with Crippen LogP contribution in [-0.2, 0) is 0 Å². The van der Waals surface area contributed by atoms with Gasteiger partial charge in [-0.25, -0.2) is 0 Å². The summed E-state index contributed by atoms with van der Waals surface area (Å²) in [6.45, 7) is 0.981. The highest BCUT2D eigenvalue weighted by atomic mass is 14.7. The van der Waals surface area contributed by atoms with Gasteiger partial charge in [0.25, 0.3) is 0 Å². The largest absolute Gasteiger partial charge is 0.330 e. The van der Waals surface area contributed by atoms with E-state index in [0.717, 1.165) is 36.1 Å². The lowest BCUT2D eigenvalue weighted by Crippen LogP contribution is -2.49. The Morgan fingerprint density at radius 1 is 0.737 bits per heavy atom. The first-order valence-electron chi connectivity index (χ1n) is 9.04. The van der Waals surface area contributed by atoms with Gasteiger partial charge in [-0.15, -0.1) is 0 Å². The molecule has 0 aromatic heterocycles. The topological polar surface area (TPSA) is 26.0 Å². The van der Waals surface area contributed by atoms with Crippen LogP contribution in [0.3, 0.4) is 0 Å². The molecule has 0 aromatic rings. The molecule has 4 saturated carbocycles. The van der Waals surface area contributed by atoms with Crippen LogP contribution in [0.15, 0.2) is 0 Å². The molecule has 4 aliphatic rings. The predicted octanol–water partition coefficient (Wildman–Crippen LogP) is 4.36. The summed E-state index contributed by atoms with van der Waals surface area (Å²) < 4.78 is 0. The molecule has 2 N–H and O–H groups in total. The van der Waals surface area contributed by atoms with Gasteiger partial charge in [-0.3, -0.25) is 0 Å². The molecular formula is C18H31N. The second-order valence-corrected chi connectivity index (χ2v) is 8.22. The highest BCUT2D eigenvalue weighted by molar-refractivity contribution is 5.04. The number of nitrogens with two attached hydrogens (primary N) is 1. The Morgan fingerprint density at radius 3 is 2.53 bits per heavy atom. The molecule has 4 rings (SSSR count). The summed E-state index contributed by atoms with van der Waals surface area (Å²) >= 11 is 0. The fourth-order valence-electron chi connectivity index (χ4n) is 6.98. The van der Waals surface area contributed by atoms with Crippen LogP contribution in [-0.4, -0.2) is 6.54 Å². The number of fused-ring (bicyclic) bond motifs is 5. The van der Waals surface area contributed by atoms with Gasteiger partial charge < -0.3 is 5.73 Å². The second-order valence-electron chi connectivity index (χ2n) is 8.22. The summed E-state index contributed by atoms with van der Waals surface area (Å²) in [5.41, 5.74) is 6.82. The van der Waals surface area contributed by atoms with E-state index in [1.165, 1.54) is 44.9 Å². The van der Waals surface area contributed by atoms with Crippen LogP contribution >= 0.6 is 0 Å². The van der Waals surface area contributed by atoms with Gasteiger partial charge in [-0.05, 0) is 86.5 Å². The zero-order valence-corrected chi connectivity index (χ0v) is 12.4. The Balaban J connectivity index is 1.58. The van der Waals surface area contributed by atoms with Crippen molar-refractivity contribution in [3.05, 3.63) is 0 Å². The average molecular weight is 261 g/mol. The van der Waals surface area contributed by atoms with Crippen LogP contribution in [0.25, 0.3) is 0 Å². The fraction of sp³-hybridized carbons (Fsp3) is 1.00. The third kappa shape index (κ3) is 1.83. The van der Waals surface area contributed by atoms with E-state index in [2.05, 4.69) is 0 Å². The Labute approximate surface area is 118 Å². The Morgan fingerprint density at radius 2 is 1.63 bits per heavy atom. The monoisotopic (exact) mass is 261 g/mol. The quantitative estimate of drug-likeness (QED) is 0.746. The van der Waals surface area contributed by atoms with Crippen molar-refractivity contribution in [3.8, 4) is 0 Å². The molecular weight excluding hydrogens is 230 g/mol. The molecule has 0 aliphatic heterocycles. The van der Waals surface area contributed by atoms with Crippen LogP contribution in [0.2, 0.25) is 0 Å². The fourth-order valence-corrected chi connectivity index (χ4v) is 6.98. The van der Waals surface area contributed by atoms with Crippen molar-refractivity contribution in [2.75, 3.05) is 6.54 Å². The summed E-state index contributed by atoms with van der Waals surface area (Å²) in [5, 5.41) is 0. The number of hydrogen-bond donors (Lipinski definition) is 1. The van der Waals surface area contributed by atoms with Gasteiger partial charge in [0.1, 0.15) is 0 Å². The molecule has 0 bridgehead atoms. The van der Waals surface area contributed by atoms with E-state index in [-0.39, 0.29) is 0 Å². The van der Waals surface area contributed by atoms with Crippen molar-refractivity contribution in [1.29, 1.82) is 0 Å². The summed E-state index contributed by atoms with van der Waals surface area (Å²) in [7, 11) is 0. The molecule has 0 spiro atoms. The molecule has 0 saturated heterocycles. The second kappa shape index (κ2) is 4.76. The van der Waals surface area contributed by atoms with Crippen molar-refractivity contribution >= 4 is 0 Å². The lowest BCUT2D eigenvalue weighted by molar-refractivity contribution is -0.0525. The summed E-state index contributed by atoms with van der Waals surface area (Å²) in [6.07, 6.45) is 16.7. The van der Waals surface area contributed by atoms with Crippen LogP contribution in [0.1, 0.15) is 70.6 Å². The van der Waals surface area contributed by atoms with Crippen molar-refractivity contribution < 1.29 is 0 Å². The number of rotatable bonds is 1. The van der Waals surface area contributed by atoms with E-state index in [0.29, 0.717) is 5.41 Å². The van der Waals surface area contributed by atoms with Crippen LogP contribution in [0, 0.1) is 35.0 Å². The molecule has 0 heterocycles. The first-order valence-corrected chi connectivity index (χ1v) is 9.04. The van der Waals surface area contributed by atoms with Gasteiger partial charge in [-0.1, -0.05) is 25.7 Å². The molecule has 0 aromatic carbocycles. The van der Waals surface area contributed by atoms with E-state index in [9.17, 15) is 0 Å². The van der Waals surface area contributed by atoms with E-state index < -0.39 is 0 Å². The molecule has 4 aliphatic carbocycles. The van der Waals surface area contributed by atoms with E-state index in [4.69, 9.17) is 5.73 Å². The Hall–Kier alpha value is -0.0400. The molecule has 1 unspecified atom stereocenters. The third-order valence-corrected chi connectivity index (χ3v) is 7.81. The van der Waals surface area contributed by atoms with Crippen molar-refractivity contribution in [1.82, 2.24) is 0 Å². The van der Waals surface area contributed by atoms with Gasteiger partial charge in [0.05, 0.1) is 0 Å². The van der Waals surface area contributed by atoms with E-state index >= 15 is 0 Å². The predicted molar refractivity (Wildman–Crippen MR) is 79.7 cm³/mol. The van der Waals surface area contributed by atoms with Crippen LogP contribution in [0.5, 0.6) is 0 Å². The minimum atomic E-state index is 0.586. The van der Waals surface area contributed by atoms with Gasteiger partial charge in [-0.2, -0.15) is 0 Å². The third-order valence-electron chi connectivity index (χ3n) is 7.81.